The van der Waals surface area contributed by atoms with Gasteiger partial charge >= 0.3 is 12.1 Å². The van der Waals surface area contributed by atoms with Gasteiger partial charge in [0, 0.05) is 0 Å². The van der Waals surface area contributed by atoms with Crippen molar-refractivity contribution in [2.24, 2.45) is 5.92 Å². The van der Waals surface area contributed by atoms with Crippen LogP contribution in [0.1, 0.15) is 31.6 Å². The average molecular weight is 343 g/mol. The maximum Gasteiger partial charge on any atom is 0.471 e. The zero-order valence-electron chi connectivity index (χ0n) is 13.0. The van der Waals surface area contributed by atoms with Crippen molar-refractivity contribution in [3.63, 3.8) is 0 Å². The maximum atomic E-state index is 12.4. The molecule has 1 aromatic heterocycles. The highest BCUT2D eigenvalue weighted by Crippen LogP contribution is 2.23. The van der Waals surface area contributed by atoms with Crippen molar-refractivity contribution in [1.29, 1.82) is 0 Å². The molecule has 0 saturated heterocycles. The number of carbonyl (C=O) groups excluding carboxylic acids is 1. The van der Waals surface area contributed by atoms with Crippen LogP contribution < -0.4 is 10.1 Å². The number of para-hydroxylation sites is 1. The number of nitrogens with one attached hydrogen (secondary N) is 1. The van der Waals surface area contributed by atoms with Crippen molar-refractivity contribution in [2.45, 2.75) is 32.7 Å². The number of carbonyl (C=O) groups is 1. The Balaban J connectivity index is 2.04. The number of hydrogen-bond acceptors (Lipinski definition) is 5. The van der Waals surface area contributed by atoms with Crippen molar-refractivity contribution in [3.8, 4) is 5.75 Å². The maximum absolute atomic E-state index is 12.4. The van der Waals surface area contributed by atoms with Crippen molar-refractivity contribution < 1.29 is 27.2 Å². The van der Waals surface area contributed by atoms with Crippen molar-refractivity contribution in [3.05, 3.63) is 42.0 Å². The standard InChI is InChI=1S/C15H16F3N3O3/c1-9(2)12(20-14(22)15(16,17)18)13-19-11(21-24-13)8-23-10-6-4-3-5-7-10/h3-7,9,12H,8H2,1-2H3,(H,20,22)/t12-/m0/s1. The lowest BCUT2D eigenvalue weighted by Gasteiger charge is -2.19. The van der Waals surface area contributed by atoms with Crippen LogP contribution >= 0.6 is 0 Å². The number of alkyl halides is 3. The minimum absolute atomic E-state index is 0.00839. The molecule has 9 heteroatoms. The molecule has 0 aliphatic carbocycles. The normalized spacial score (nSPS) is 12.9. The van der Waals surface area contributed by atoms with Gasteiger partial charge in [-0.25, -0.2) is 0 Å². The molecule has 1 aromatic carbocycles. The number of benzene rings is 1. The van der Waals surface area contributed by atoms with Gasteiger partial charge in [-0.15, -0.1) is 0 Å². The van der Waals surface area contributed by atoms with Crippen LogP contribution in [-0.4, -0.2) is 22.2 Å². The topological polar surface area (TPSA) is 77.2 Å². The van der Waals surface area contributed by atoms with Crippen LogP contribution in [0.25, 0.3) is 0 Å². The molecule has 0 bridgehead atoms. The molecule has 130 valence electrons. The van der Waals surface area contributed by atoms with Gasteiger partial charge in [0.05, 0.1) is 0 Å². The molecule has 1 heterocycles. The smallest absolute Gasteiger partial charge is 0.471 e. The first kappa shape index (κ1) is 17.8. The molecule has 1 N–H and O–H groups in total. The molecule has 1 atom stereocenters. The summed E-state index contributed by atoms with van der Waals surface area (Å²) in [5.41, 5.74) is 0. The second-order valence-electron chi connectivity index (χ2n) is 5.34. The minimum Gasteiger partial charge on any atom is -0.485 e. The summed E-state index contributed by atoms with van der Waals surface area (Å²) >= 11 is 0. The Kier molecular flexibility index (Phi) is 5.42. The van der Waals surface area contributed by atoms with Crippen LogP contribution in [0, 0.1) is 5.92 Å². The highest BCUT2D eigenvalue weighted by atomic mass is 19.4. The molecule has 24 heavy (non-hydrogen) atoms. The third-order valence-corrected chi connectivity index (χ3v) is 3.07. The van der Waals surface area contributed by atoms with Gasteiger partial charge in [-0.05, 0) is 18.1 Å². The van der Waals surface area contributed by atoms with Crippen LogP contribution in [0.3, 0.4) is 0 Å². The largest absolute Gasteiger partial charge is 0.485 e. The summed E-state index contributed by atoms with van der Waals surface area (Å²) in [6.45, 7) is 3.25. The van der Waals surface area contributed by atoms with E-state index in [2.05, 4.69) is 10.1 Å². The first-order chi connectivity index (χ1) is 11.3. The van der Waals surface area contributed by atoms with Gasteiger partial charge in [0.25, 0.3) is 0 Å². The lowest BCUT2D eigenvalue weighted by atomic mass is 10.0. The van der Waals surface area contributed by atoms with Crippen molar-refractivity contribution in [1.82, 2.24) is 15.5 Å². The molecule has 0 aliphatic heterocycles. The van der Waals surface area contributed by atoms with Gasteiger partial charge in [0.15, 0.2) is 6.61 Å². The van der Waals surface area contributed by atoms with Crippen LogP contribution in [-0.2, 0) is 11.4 Å². The van der Waals surface area contributed by atoms with E-state index in [1.807, 2.05) is 11.4 Å². The Hall–Kier alpha value is -2.58. The number of aromatic nitrogens is 2. The lowest BCUT2D eigenvalue weighted by Crippen LogP contribution is -2.40. The van der Waals surface area contributed by atoms with E-state index >= 15 is 0 Å². The Bertz CT molecular complexity index is 671. The van der Waals surface area contributed by atoms with E-state index in [1.54, 1.807) is 38.1 Å². The Morgan fingerprint density at radius 2 is 1.96 bits per heavy atom. The zero-order valence-corrected chi connectivity index (χ0v) is 13.0. The fourth-order valence-corrected chi connectivity index (χ4v) is 1.85. The minimum atomic E-state index is -4.98. The van der Waals surface area contributed by atoms with Gasteiger partial charge in [0.2, 0.25) is 11.7 Å². The summed E-state index contributed by atoms with van der Waals surface area (Å²) in [5.74, 6) is -1.77. The SMILES string of the molecule is CC(C)[C@H](NC(=O)C(F)(F)F)c1nc(COc2ccccc2)no1. The number of hydrogen-bond donors (Lipinski definition) is 1. The van der Waals surface area contributed by atoms with Crippen LogP contribution in [0.4, 0.5) is 13.2 Å². The third kappa shape index (κ3) is 4.71. The van der Waals surface area contributed by atoms with Gasteiger partial charge < -0.3 is 14.6 Å². The lowest BCUT2D eigenvalue weighted by molar-refractivity contribution is -0.175. The Morgan fingerprint density at radius 3 is 2.54 bits per heavy atom. The number of rotatable bonds is 6. The summed E-state index contributed by atoms with van der Waals surface area (Å²) in [6, 6.07) is 7.84. The van der Waals surface area contributed by atoms with E-state index in [4.69, 9.17) is 9.26 Å². The predicted molar refractivity (Wildman–Crippen MR) is 76.8 cm³/mol. The van der Waals surface area contributed by atoms with Gasteiger partial charge in [-0.3, -0.25) is 4.79 Å². The quantitative estimate of drug-likeness (QED) is 0.872. The molecule has 6 nitrogen and oxygen atoms in total. The number of nitrogens with zero attached hydrogens (tertiary/aromatic N) is 2. The highest BCUT2D eigenvalue weighted by Gasteiger charge is 2.41. The van der Waals surface area contributed by atoms with Gasteiger partial charge in [-0.2, -0.15) is 18.2 Å². The molecule has 0 radical (unpaired) electrons. The van der Waals surface area contributed by atoms with E-state index in [0.29, 0.717) is 5.75 Å². The molecular formula is C15H16F3N3O3. The summed E-state index contributed by atoms with van der Waals surface area (Å²) in [6.07, 6.45) is -4.98. The van der Waals surface area contributed by atoms with E-state index in [9.17, 15) is 18.0 Å². The molecule has 0 spiro atoms. The second kappa shape index (κ2) is 7.33. The van der Waals surface area contributed by atoms with Gasteiger partial charge in [0.1, 0.15) is 11.8 Å². The second-order valence-corrected chi connectivity index (χ2v) is 5.34. The first-order valence-corrected chi connectivity index (χ1v) is 7.15. The Morgan fingerprint density at radius 1 is 1.29 bits per heavy atom. The molecule has 0 saturated carbocycles. The zero-order chi connectivity index (χ0) is 17.7. The van der Waals surface area contributed by atoms with E-state index in [1.165, 1.54) is 0 Å². The fraction of sp³-hybridized carbons (Fsp3) is 0.400. The monoisotopic (exact) mass is 343 g/mol. The molecule has 2 rings (SSSR count). The van der Waals surface area contributed by atoms with Crippen molar-refractivity contribution in [2.75, 3.05) is 0 Å². The van der Waals surface area contributed by atoms with E-state index < -0.39 is 18.1 Å². The van der Waals surface area contributed by atoms with E-state index in [-0.39, 0.29) is 24.2 Å². The summed E-state index contributed by atoms with van der Waals surface area (Å²) in [4.78, 5) is 15.1. The number of amides is 1. The predicted octanol–water partition coefficient (Wildman–Crippen LogP) is 3.02. The Labute approximate surface area is 136 Å². The summed E-state index contributed by atoms with van der Waals surface area (Å²) in [7, 11) is 0. The van der Waals surface area contributed by atoms with Crippen molar-refractivity contribution >= 4 is 5.91 Å². The van der Waals surface area contributed by atoms with Crippen LogP contribution in [0.2, 0.25) is 0 Å². The molecule has 1 amide bonds. The summed E-state index contributed by atoms with van der Waals surface area (Å²) in [5, 5.41) is 5.52. The number of ether oxygens (including phenoxy) is 1. The fourth-order valence-electron chi connectivity index (χ4n) is 1.85. The number of halogens is 3. The molecule has 0 aliphatic rings. The molecule has 0 fully saturated rings. The average Bonchev–Trinajstić information content (AvgIpc) is 2.98. The molecule has 2 aromatic rings. The molecule has 0 unspecified atom stereocenters. The first-order valence-electron chi connectivity index (χ1n) is 7.15. The van der Waals surface area contributed by atoms with Gasteiger partial charge in [-0.1, -0.05) is 37.2 Å². The van der Waals surface area contributed by atoms with Crippen LogP contribution in [0.5, 0.6) is 5.75 Å². The van der Waals surface area contributed by atoms with E-state index in [0.717, 1.165) is 0 Å². The highest BCUT2D eigenvalue weighted by molar-refractivity contribution is 5.82. The summed E-state index contributed by atoms with van der Waals surface area (Å²) < 4.78 is 47.6. The van der Waals surface area contributed by atoms with Crippen LogP contribution in [0.15, 0.2) is 34.9 Å². The molecular weight excluding hydrogens is 327 g/mol. The third-order valence-electron chi connectivity index (χ3n) is 3.07.